The molecule has 3 nitrogen and oxygen atoms in total. The second-order valence-electron chi connectivity index (χ2n) is 3.91. The molecule has 0 spiro atoms. The van der Waals surface area contributed by atoms with Gasteiger partial charge in [0.05, 0.1) is 10.6 Å². The van der Waals surface area contributed by atoms with E-state index in [1.54, 1.807) is 24.5 Å². The number of fused-ring (bicyclic) bond motifs is 1. The van der Waals surface area contributed by atoms with E-state index in [-0.39, 0.29) is 18.2 Å². The van der Waals surface area contributed by atoms with Crippen molar-refractivity contribution in [2.75, 3.05) is 5.73 Å². The number of hydrogen-bond donors (Lipinski definition) is 1. The third-order valence-corrected chi connectivity index (χ3v) is 3.97. The molecule has 0 aliphatic rings. The van der Waals surface area contributed by atoms with E-state index in [1.165, 1.54) is 11.3 Å². The maximum atomic E-state index is 12.3. The van der Waals surface area contributed by atoms with Gasteiger partial charge in [-0.05, 0) is 18.2 Å². The second-order valence-corrected chi connectivity index (χ2v) is 4.96. The number of anilines is 1. The summed E-state index contributed by atoms with van der Waals surface area (Å²) in [4.78, 5) is 16.8. The van der Waals surface area contributed by atoms with Crippen LogP contribution in [0.3, 0.4) is 0 Å². The van der Waals surface area contributed by atoms with Crippen LogP contribution >= 0.6 is 23.7 Å². The average molecular weight is 291 g/mol. The molecule has 0 fully saturated rings. The first-order chi connectivity index (χ1) is 8.77. The van der Waals surface area contributed by atoms with Crippen LogP contribution in [0.2, 0.25) is 0 Å². The van der Waals surface area contributed by atoms with Crippen LogP contribution in [0, 0.1) is 0 Å². The third kappa shape index (κ3) is 2.32. The molecule has 3 rings (SSSR count). The summed E-state index contributed by atoms with van der Waals surface area (Å²) < 4.78 is 1.03. The monoisotopic (exact) mass is 290 g/mol. The van der Waals surface area contributed by atoms with E-state index in [2.05, 4.69) is 4.98 Å². The highest BCUT2D eigenvalue weighted by Gasteiger charge is 2.17. The number of aromatic nitrogens is 1. The van der Waals surface area contributed by atoms with Gasteiger partial charge < -0.3 is 5.73 Å². The van der Waals surface area contributed by atoms with E-state index in [4.69, 9.17) is 5.73 Å². The summed E-state index contributed by atoms with van der Waals surface area (Å²) in [5.41, 5.74) is 7.23. The number of benzene rings is 1. The fraction of sp³-hybridized carbons (Fsp3) is 0. The van der Waals surface area contributed by atoms with Gasteiger partial charge in [-0.15, -0.1) is 23.7 Å². The number of nitrogens with two attached hydrogens (primary N) is 1. The number of halogens is 1. The predicted octanol–water partition coefficient (Wildman–Crippen LogP) is 3.53. The van der Waals surface area contributed by atoms with Gasteiger partial charge in [0, 0.05) is 28.0 Å². The summed E-state index contributed by atoms with van der Waals surface area (Å²) in [5, 5.41) is 0.944. The van der Waals surface area contributed by atoms with Crippen LogP contribution in [0.25, 0.3) is 10.1 Å². The fourth-order valence-electron chi connectivity index (χ4n) is 1.87. The Bertz CT molecular complexity index is 725. The Balaban J connectivity index is 0.00000133. The Labute approximate surface area is 120 Å². The lowest BCUT2D eigenvalue weighted by Gasteiger charge is -1.98. The quantitative estimate of drug-likeness (QED) is 0.735. The van der Waals surface area contributed by atoms with Crippen LogP contribution < -0.4 is 5.73 Å². The van der Waals surface area contributed by atoms with E-state index in [0.29, 0.717) is 16.1 Å². The number of rotatable bonds is 2. The highest BCUT2D eigenvalue weighted by Crippen LogP contribution is 2.34. The lowest BCUT2D eigenvalue weighted by molar-refractivity contribution is 0.104. The van der Waals surface area contributed by atoms with E-state index in [0.717, 1.165) is 10.1 Å². The average Bonchev–Trinajstić information content (AvgIpc) is 2.77. The number of hydrogen-bond acceptors (Lipinski definition) is 4. The first-order valence-electron chi connectivity index (χ1n) is 5.49. The standard InChI is InChI=1S/C14H10N2OS.ClH/c15-12-10-3-1-2-4-11(10)18-14(12)13(17)9-5-7-16-8-6-9;/h1-8H,15H2;1H. The van der Waals surface area contributed by atoms with Crippen molar-refractivity contribution in [3.05, 3.63) is 59.2 Å². The van der Waals surface area contributed by atoms with E-state index in [1.807, 2.05) is 24.3 Å². The SMILES string of the molecule is Cl.Nc1c(C(=O)c2ccncc2)sc2ccccc12. The number of ketones is 1. The molecule has 0 unspecified atom stereocenters. The van der Waals surface area contributed by atoms with Gasteiger partial charge in [-0.3, -0.25) is 9.78 Å². The van der Waals surface area contributed by atoms with Crippen molar-refractivity contribution in [1.82, 2.24) is 4.98 Å². The highest BCUT2D eigenvalue weighted by molar-refractivity contribution is 7.21. The molecular formula is C14H11ClN2OS. The minimum atomic E-state index is -0.0453. The van der Waals surface area contributed by atoms with Gasteiger partial charge in [-0.1, -0.05) is 18.2 Å². The first-order valence-corrected chi connectivity index (χ1v) is 6.31. The van der Waals surface area contributed by atoms with Gasteiger partial charge in [0.15, 0.2) is 0 Å². The molecule has 19 heavy (non-hydrogen) atoms. The fourth-order valence-corrected chi connectivity index (χ4v) is 2.95. The van der Waals surface area contributed by atoms with Crippen molar-refractivity contribution in [3.63, 3.8) is 0 Å². The molecule has 2 heterocycles. The molecule has 0 aliphatic carbocycles. The van der Waals surface area contributed by atoms with E-state index >= 15 is 0 Å². The van der Waals surface area contributed by atoms with Crippen LogP contribution in [0.15, 0.2) is 48.8 Å². The van der Waals surface area contributed by atoms with Crippen molar-refractivity contribution in [2.45, 2.75) is 0 Å². The van der Waals surface area contributed by atoms with Crippen molar-refractivity contribution >= 4 is 45.3 Å². The number of carbonyl (C=O) groups excluding carboxylic acids is 1. The molecule has 0 amide bonds. The van der Waals surface area contributed by atoms with Gasteiger partial charge in [0.25, 0.3) is 0 Å². The van der Waals surface area contributed by atoms with Crippen molar-refractivity contribution in [2.24, 2.45) is 0 Å². The topological polar surface area (TPSA) is 56.0 Å². The summed E-state index contributed by atoms with van der Waals surface area (Å²) in [6, 6.07) is 11.2. The van der Waals surface area contributed by atoms with Crippen LogP contribution in [-0.2, 0) is 0 Å². The van der Waals surface area contributed by atoms with Crippen LogP contribution in [0.5, 0.6) is 0 Å². The van der Waals surface area contributed by atoms with Crippen molar-refractivity contribution < 1.29 is 4.79 Å². The van der Waals surface area contributed by atoms with Gasteiger partial charge in [0.2, 0.25) is 5.78 Å². The largest absolute Gasteiger partial charge is 0.397 e. The van der Waals surface area contributed by atoms with Gasteiger partial charge >= 0.3 is 0 Å². The molecule has 3 aromatic rings. The zero-order valence-electron chi connectivity index (χ0n) is 9.87. The molecular weight excluding hydrogens is 280 g/mol. The van der Waals surface area contributed by atoms with Crippen LogP contribution in [-0.4, -0.2) is 10.8 Å². The summed E-state index contributed by atoms with van der Waals surface area (Å²) in [6.07, 6.45) is 3.22. The molecule has 96 valence electrons. The number of pyridine rings is 1. The van der Waals surface area contributed by atoms with Crippen molar-refractivity contribution in [3.8, 4) is 0 Å². The minimum absolute atomic E-state index is 0. The van der Waals surface area contributed by atoms with Gasteiger partial charge in [-0.25, -0.2) is 0 Å². The molecule has 0 saturated heterocycles. The molecule has 0 saturated carbocycles. The van der Waals surface area contributed by atoms with E-state index < -0.39 is 0 Å². The van der Waals surface area contributed by atoms with E-state index in [9.17, 15) is 4.79 Å². The Kier molecular flexibility index (Phi) is 3.83. The molecule has 2 N–H and O–H groups in total. The van der Waals surface area contributed by atoms with Crippen LogP contribution in [0.1, 0.15) is 15.2 Å². The normalized spacial score (nSPS) is 10.1. The van der Waals surface area contributed by atoms with Crippen molar-refractivity contribution in [1.29, 1.82) is 0 Å². The second kappa shape index (κ2) is 5.38. The molecule has 0 radical (unpaired) electrons. The summed E-state index contributed by atoms with van der Waals surface area (Å²) >= 11 is 1.43. The molecule has 1 aromatic carbocycles. The Morgan fingerprint density at radius 3 is 2.47 bits per heavy atom. The first kappa shape index (κ1) is 13.5. The number of carbonyl (C=O) groups is 1. The van der Waals surface area contributed by atoms with Crippen LogP contribution in [0.4, 0.5) is 5.69 Å². The maximum absolute atomic E-state index is 12.3. The van der Waals surface area contributed by atoms with Gasteiger partial charge in [-0.2, -0.15) is 0 Å². The Hall–Kier alpha value is -1.91. The third-order valence-electron chi connectivity index (χ3n) is 2.78. The zero-order chi connectivity index (χ0) is 12.5. The van der Waals surface area contributed by atoms with Gasteiger partial charge in [0.1, 0.15) is 0 Å². The minimum Gasteiger partial charge on any atom is -0.397 e. The summed E-state index contributed by atoms with van der Waals surface area (Å²) in [7, 11) is 0. The number of nitrogen functional groups attached to an aromatic ring is 1. The lowest BCUT2D eigenvalue weighted by atomic mass is 10.1. The highest BCUT2D eigenvalue weighted by atomic mass is 35.5. The molecule has 0 atom stereocenters. The molecule has 0 aliphatic heterocycles. The Morgan fingerprint density at radius 2 is 1.79 bits per heavy atom. The number of nitrogens with zero attached hydrogens (tertiary/aromatic N) is 1. The Morgan fingerprint density at radius 1 is 1.11 bits per heavy atom. The lowest BCUT2D eigenvalue weighted by Crippen LogP contribution is -2.01. The smallest absolute Gasteiger partial charge is 0.205 e. The maximum Gasteiger partial charge on any atom is 0.205 e. The summed E-state index contributed by atoms with van der Waals surface area (Å²) in [6.45, 7) is 0. The molecule has 0 bridgehead atoms. The molecule has 5 heteroatoms. The summed E-state index contributed by atoms with van der Waals surface area (Å²) in [5.74, 6) is -0.0453. The number of thiophene rings is 1. The zero-order valence-corrected chi connectivity index (χ0v) is 11.5. The predicted molar refractivity (Wildman–Crippen MR) is 81.2 cm³/mol. The molecule has 2 aromatic heterocycles.